The highest BCUT2D eigenvalue weighted by Crippen LogP contribution is 2.26. The lowest BCUT2D eigenvalue weighted by Gasteiger charge is -2.15. The molecule has 2 aromatic carbocycles. The quantitative estimate of drug-likeness (QED) is 0.301. The third kappa shape index (κ3) is 5.12. The number of amides is 1. The van der Waals surface area contributed by atoms with Gasteiger partial charge in [-0.25, -0.2) is 14.8 Å². The molecule has 8 nitrogen and oxygen atoms in total. The highest BCUT2D eigenvalue weighted by atomic mass is 16.4. The third-order valence-electron chi connectivity index (χ3n) is 6.14. The lowest BCUT2D eigenvalue weighted by Crippen LogP contribution is -2.15. The van der Waals surface area contributed by atoms with Gasteiger partial charge < -0.3 is 20.3 Å². The van der Waals surface area contributed by atoms with Gasteiger partial charge in [0, 0.05) is 36.4 Å². The summed E-state index contributed by atoms with van der Waals surface area (Å²) < 4.78 is 1.72. The molecule has 2 heterocycles. The fourth-order valence-corrected chi connectivity index (χ4v) is 4.15. The first-order valence-corrected chi connectivity index (χ1v) is 11.8. The summed E-state index contributed by atoms with van der Waals surface area (Å²) in [6.07, 6.45) is 4.84. The fraction of sp³-hybridized carbons (Fsp3) is 0.214. The molecule has 0 unspecified atom stereocenters. The van der Waals surface area contributed by atoms with Crippen LogP contribution in [0.1, 0.15) is 51.3 Å². The van der Waals surface area contributed by atoms with Gasteiger partial charge in [-0.3, -0.25) is 4.79 Å². The third-order valence-corrected chi connectivity index (χ3v) is 6.14. The van der Waals surface area contributed by atoms with Crippen LogP contribution in [-0.4, -0.2) is 31.5 Å². The van der Waals surface area contributed by atoms with E-state index in [0.717, 1.165) is 40.9 Å². The Labute approximate surface area is 210 Å². The Bertz CT molecular complexity index is 1420. The first kappa shape index (κ1) is 24.7. The molecule has 0 radical (unpaired) electrons. The number of aromatic nitrogens is 3. The largest absolute Gasteiger partial charge is 0.478 e. The monoisotopic (exact) mass is 483 g/mol. The zero-order valence-electron chi connectivity index (χ0n) is 20.8. The number of carbonyl (C=O) groups excluding carboxylic acids is 1. The first-order chi connectivity index (χ1) is 17.3. The number of carboxylic acid groups (broad SMARTS) is 1. The molecule has 184 valence electrons. The maximum Gasteiger partial charge on any atom is 0.337 e. The average molecular weight is 484 g/mol. The molecule has 0 saturated carbocycles. The molecule has 4 rings (SSSR count). The number of hydrogen-bond donors (Lipinski definition) is 3. The Morgan fingerprint density at radius 1 is 1.00 bits per heavy atom. The van der Waals surface area contributed by atoms with Gasteiger partial charge in [-0.2, -0.15) is 0 Å². The second-order valence-electron chi connectivity index (χ2n) is 8.56. The maximum absolute atomic E-state index is 13.1. The summed E-state index contributed by atoms with van der Waals surface area (Å²) in [7, 11) is 1.77. The molecule has 1 amide bonds. The van der Waals surface area contributed by atoms with E-state index in [1.807, 2.05) is 37.3 Å². The molecule has 0 bridgehead atoms. The number of hydrogen-bond acceptors (Lipinski definition) is 5. The molecule has 0 atom stereocenters. The summed E-state index contributed by atoms with van der Waals surface area (Å²) in [5.41, 5.74) is 6.77. The summed E-state index contributed by atoms with van der Waals surface area (Å²) in [4.78, 5) is 33.2. The van der Waals surface area contributed by atoms with E-state index in [4.69, 9.17) is 0 Å². The molecule has 0 spiro atoms. The normalized spacial score (nSPS) is 10.8. The van der Waals surface area contributed by atoms with Crippen molar-refractivity contribution >= 4 is 29.2 Å². The smallest absolute Gasteiger partial charge is 0.337 e. The van der Waals surface area contributed by atoms with Crippen molar-refractivity contribution in [2.75, 3.05) is 10.6 Å². The van der Waals surface area contributed by atoms with Crippen molar-refractivity contribution in [3.8, 4) is 11.4 Å². The van der Waals surface area contributed by atoms with Gasteiger partial charge in [0.25, 0.3) is 5.91 Å². The molecular weight excluding hydrogens is 454 g/mol. The van der Waals surface area contributed by atoms with E-state index >= 15 is 0 Å². The fourth-order valence-electron chi connectivity index (χ4n) is 4.15. The van der Waals surface area contributed by atoms with Gasteiger partial charge in [-0.1, -0.05) is 32.0 Å². The number of nitrogens with one attached hydrogen (secondary N) is 2. The van der Waals surface area contributed by atoms with Crippen molar-refractivity contribution in [3.05, 3.63) is 88.7 Å². The lowest BCUT2D eigenvalue weighted by molar-refractivity contribution is 0.0696. The van der Waals surface area contributed by atoms with Gasteiger partial charge in [0.2, 0.25) is 5.95 Å². The van der Waals surface area contributed by atoms with Crippen LogP contribution in [0, 0.1) is 6.92 Å². The van der Waals surface area contributed by atoms with Crippen LogP contribution in [-0.2, 0) is 19.9 Å². The number of benzene rings is 2. The predicted octanol–water partition coefficient (Wildman–Crippen LogP) is 5.61. The van der Waals surface area contributed by atoms with E-state index in [-0.39, 0.29) is 11.5 Å². The van der Waals surface area contributed by atoms with Crippen LogP contribution in [0.5, 0.6) is 0 Å². The van der Waals surface area contributed by atoms with E-state index in [2.05, 4.69) is 34.4 Å². The SMILES string of the molecule is CCc1cccc(CC)c1NC(=O)c1ccc(Nc2nccc(-c3cc(C(=O)O)cn3C)n2)c(C)c1. The second-order valence-corrected chi connectivity index (χ2v) is 8.56. The van der Waals surface area contributed by atoms with Crippen LogP contribution < -0.4 is 10.6 Å². The molecule has 0 saturated heterocycles. The molecule has 8 heteroatoms. The van der Waals surface area contributed by atoms with E-state index < -0.39 is 5.97 Å². The number of aromatic carboxylic acids is 1. The van der Waals surface area contributed by atoms with Crippen LogP contribution in [0.15, 0.2) is 60.9 Å². The van der Waals surface area contributed by atoms with Crippen LogP contribution in [0.3, 0.4) is 0 Å². The molecule has 3 N–H and O–H groups in total. The lowest BCUT2D eigenvalue weighted by atomic mass is 10.0. The van der Waals surface area contributed by atoms with E-state index in [1.165, 1.54) is 0 Å². The number of rotatable bonds is 8. The molecular formula is C28H29N5O3. The number of carbonyl (C=O) groups is 2. The molecule has 36 heavy (non-hydrogen) atoms. The van der Waals surface area contributed by atoms with Crippen molar-refractivity contribution in [3.63, 3.8) is 0 Å². The molecule has 2 aromatic heterocycles. The Hall–Kier alpha value is -4.46. The van der Waals surface area contributed by atoms with Crippen molar-refractivity contribution in [1.29, 1.82) is 0 Å². The van der Waals surface area contributed by atoms with Crippen LogP contribution in [0.2, 0.25) is 0 Å². The minimum atomic E-state index is -0.992. The van der Waals surface area contributed by atoms with Crippen molar-refractivity contribution < 1.29 is 14.7 Å². The minimum absolute atomic E-state index is 0.156. The number of para-hydroxylation sites is 1. The van der Waals surface area contributed by atoms with Gasteiger partial charge in [-0.05, 0) is 66.8 Å². The number of carboxylic acids is 1. The maximum atomic E-state index is 13.1. The molecule has 0 fully saturated rings. The zero-order valence-corrected chi connectivity index (χ0v) is 20.8. The van der Waals surface area contributed by atoms with E-state index in [1.54, 1.807) is 42.2 Å². The van der Waals surface area contributed by atoms with Gasteiger partial charge in [0.05, 0.1) is 17.0 Å². The summed E-state index contributed by atoms with van der Waals surface area (Å²) >= 11 is 0. The van der Waals surface area contributed by atoms with Crippen molar-refractivity contribution in [2.45, 2.75) is 33.6 Å². The van der Waals surface area contributed by atoms with Gasteiger partial charge in [0.1, 0.15) is 0 Å². The Morgan fingerprint density at radius 3 is 2.33 bits per heavy atom. The highest BCUT2D eigenvalue weighted by molar-refractivity contribution is 6.05. The molecule has 0 aliphatic rings. The van der Waals surface area contributed by atoms with Crippen molar-refractivity contribution in [2.24, 2.45) is 7.05 Å². The summed E-state index contributed by atoms with van der Waals surface area (Å²) in [6, 6.07) is 14.8. The summed E-state index contributed by atoms with van der Waals surface area (Å²) in [6.45, 7) is 6.07. The number of anilines is 3. The zero-order chi connectivity index (χ0) is 25.8. The van der Waals surface area contributed by atoms with Gasteiger partial charge in [0.15, 0.2) is 0 Å². The van der Waals surface area contributed by atoms with E-state index in [9.17, 15) is 14.7 Å². The number of nitrogens with zero attached hydrogens (tertiary/aromatic N) is 3. The summed E-state index contributed by atoms with van der Waals surface area (Å²) in [5.74, 6) is -0.778. The molecule has 0 aliphatic carbocycles. The van der Waals surface area contributed by atoms with Gasteiger partial charge >= 0.3 is 5.97 Å². The predicted molar refractivity (Wildman–Crippen MR) is 141 cm³/mol. The Morgan fingerprint density at radius 2 is 1.72 bits per heavy atom. The molecule has 0 aliphatic heterocycles. The van der Waals surface area contributed by atoms with Crippen LogP contribution >= 0.6 is 0 Å². The topological polar surface area (TPSA) is 109 Å². The van der Waals surface area contributed by atoms with Gasteiger partial charge in [-0.15, -0.1) is 0 Å². The summed E-state index contributed by atoms with van der Waals surface area (Å²) in [5, 5.41) is 15.6. The van der Waals surface area contributed by atoms with Crippen LogP contribution in [0.25, 0.3) is 11.4 Å². The second kappa shape index (κ2) is 10.4. The highest BCUT2D eigenvalue weighted by Gasteiger charge is 2.15. The molecule has 4 aromatic rings. The van der Waals surface area contributed by atoms with Crippen molar-refractivity contribution in [1.82, 2.24) is 14.5 Å². The number of aryl methyl sites for hydroxylation is 4. The minimum Gasteiger partial charge on any atom is -0.478 e. The van der Waals surface area contributed by atoms with Crippen LogP contribution in [0.4, 0.5) is 17.3 Å². The average Bonchev–Trinajstić information content (AvgIpc) is 3.27. The standard InChI is InChI=1S/C28H29N5O3/c1-5-18-8-7-9-19(6-2)25(18)32-26(34)20-10-11-22(17(3)14-20)30-28-29-13-12-23(31-28)24-15-21(27(35)36)16-33(24)4/h7-16H,5-6H2,1-4H3,(H,32,34)(H,35,36)(H,29,30,31). The first-order valence-electron chi connectivity index (χ1n) is 11.8. The Balaban J connectivity index is 1.54. The van der Waals surface area contributed by atoms with E-state index in [0.29, 0.717) is 22.9 Å². The Kier molecular flexibility index (Phi) is 7.15.